The summed E-state index contributed by atoms with van der Waals surface area (Å²) in [6.45, 7) is 6.44. The molecular weight excluding hydrogens is 261 g/mol. The molecule has 0 saturated carbocycles. The molecule has 6 heteroatoms. The number of carbonyl (C=O) groups is 1. The van der Waals surface area contributed by atoms with Gasteiger partial charge < -0.3 is 15.4 Å². The van der Waals surface area contributed by atoms with Crippen LogP contribution in [0.3, 0.4) is 0 Å². The molecular formula is C14H20FN3O2. The molecule has 0 unspecified atom stereocenters. The van der Waals surface area contributed by atoms with E-state index in [0.717, 1.165) is 32.8 Å². The molecule has 0 aromatic heterocycles. The quantitative estimate of drug-likeness (QED) is 0.881. The van der Waals surface area contributed by atoms with Crippen molar-refractivity contribution >= 4 is 11.7 Å². The number of urea groups is 1. The number of anilines is 1. The Bertz CT molecular complexity index is 462. The van der Waals surface area contributed by atoms with Crippen LogP contribution in [0.2, 0.25) is 0 Å². The fraction of sp³-hybridized carbons (Fsp3) is 0.500. The highest BCUT2D eigenvalue weighted by Crippen LogP contribution is 2.15. The van der Waals surface area contributed by atoms with Gasteiger partial charge in [-0.2, -0.15) is 0 Å². The van der Waals surface area contributed by atoms with E-state index in [0.29, 0.717) is 17.8 Å². The molecule has 0 spiro atoms. The first-order chi connectivity index (χ1) is 9.65. The monoisotopic (exact) mass is 281 g/mol. The first-order valence-electron chi connectivity index (χ1n) is 6.76. The number of amides is 2. The summed E-state index contributed by atoms with van der Waals surface area (Å²) in [5.41, 5.74) is 1.32. The number of carbonyl (C=O) groups excluding carboxylic acids is 1. The number of rotatable bonds is 4. The zero-order valence-corrected chi connectivity index (χ0v) is 11.6. The van der Waals surface area contributed by atoms with Gasteiger partial charge in [0.15, 0.2) is 0 Å². The highest BCUT2D eigenvalue weighted by Gasteiger charge is 2.10. The maximum absolute atomic E-state index is 12.9. The summed E-state index contributed by atoms with van der Waals surface area (Å²) in [6.07, 6.45) is 0. The molecule has 0 radical (unpaired) electrons. The van der Waals surface area contributed by atoms with Crippen LogP contribution < -0.4 is 10.6 Å². The first kappa shape index (κ1) is 14.7. The highest BCUT2D eigenvalue weighted by atomic mass is 19.1. The number of nitrogens with zero attached hydrogens (tertiary/aromatic N) is 1. The molecule has 1 fully saturated rings. The van der Waals surface area contributed by atoms with Gasteiger partial charge in [-0.05, 0) is 30.7 Å². The zero-order chi connectivity index (χ0) is 14.4. The van der Waals surface area contributed by atoms with Crippen LogP contribution in [0.25, 0.3) is 0 Å². The molecule has 110 valence electrons. The maximum Gasteiger partial charge on any atom is 0.319 e. The standard InChI is InChI=1S/C14H20FN3O2/c1-11-10-12(15)2-3-13(11)17-14(19)16-4-5-18-6-8-20-9-7-18/h2-3,10H,4-9H2,1H3,(H2,16,17,19). The highest BCUT2D eigenvalue weighted by molar-refractivity contribution is 5.89. The third-order valence-electron chi connectivity index (χ3n) is 3.25. The fourth-order valence-electron chi connectivity index (χ4n) is 2.09. The summed E-state index contributed by atoms with van der Waals surface area (Å²) < 4.78 is 18.2. The smallest absolute Gasteiger partial charge is 0.319 e. The van der Waals surface area contributed by atoms with Crippen molar-refractivity contribution in [2.45, 2.75) is 6.92 Å². The molecule has 0 aliphatic carbocycles. The van der Waals surface area contributed by atoms with E-state index >= 15 is 0 Å². The van der Waals surface area contributed by atoms with Gasteiger partial charge in [-0.15, -0.1) is 0 Å². The summed E-state index contributed by atoms with van der Waals surface area (Å²) in [5.74, 6) is -0.305. The third kappa shape index (κ3) is 4.47. The van der Waals surface area contributed by atoms with Crippen LogP contribution in [0.5, 0.6) is 0 Å². The average molecular weight is 281 g/mol. The Morgan fingerprint density at radius 3 is 2.85 bits per heavy atom. The second-order valence-electron chi connectivity index (χ2n) is 4.79. The van der Waals surface area contributed by atoms with Crippen LogP contribution in [-0.4, -0.2) is 50.3 Å². The molecule has 0 bridgehead atoms. The molecule has 1 aliphatic heterocycles. The second-order valence-corrected chi connectivity index (χ2v) is 4.79. The number of hydrogen-bond acceptors (Lipinski definition) is 3. The van der Waals surface area contributed by atoms with Crippen molar-refractivity contribution in [2.75, 3.05) is 44.7 Å². The van der Waals surface area contributed by atoms with Crippen molar-refractivity contribution < 1.29 is 13.9 Å². The molecule has 0 atom stereocenters. The molecule has 2 amide bonds. The number of aryl methyl sites for hydroxylation is 1. The molecule has 5 nitrogen and oxygen atoms in total. The van der Waals surface area contributed by atoms with Crippen LogP contribution in [0.15, 0.2) is 18.2 Å². The normalized spacial score (nSPS) is 15.9. The average Bonchev–Trinajstić information content (AvgIpc) is 2.43. The minimum Gasteiger partial charge on any atom is -0.379 e. The molecule has 20 heavy (non-hydrogen) atoms. The number of benzene rings is 1. The maximum atomic E-state index is 12.9. The van der Waals surface area contributed by atoms with Gasteiger partial charge in [0.2, 0.25) is 0 Å². The molecule has 1 aromatic rings. The van der Waals surface area contributed by atoms with E-state index in [-0.39, 0.29) is 11.8 Å². The fourth-order valence-corrected chi connectivity index (χ4v) is 2.09. The Morgan fingerprint density at radius 2 is 2.15 bits per heavy atom. The molecule has 1 saturated heterocycles. The van der Waals surface area contributed by atoms with Gasteiger partial charge in [-0.25, -0.2) is 9.18 Å². The number of halogens is 1. The lowest BCUT2D eigenvalue weighted by Gasteiger charge is -2.26. The number of ether oxygens (including phenoxy) is 1. The lowest BCUT2D eigenvalue weighted by molar-refractivity contribution is 0.0388. The van der Waals surface area contributed by atoms with Crippen molar-refractivity contribution in [3.8, 4) is 0 Å². The van der Waals surface area contributed by atoms with Gasteiger partial charge in [0.05, 0.1) is 13.2 Å². The topological polar surface area (TPSA) is 53.6 Å². The second kappa shape index (κ2) is 7.21. The summed E-state index contributed by atoms with van der Waals surface area (Å²) in [7, 11) is 0. The predicted molar refractivity (Wildman–Crippen MR) is 75.4 cm³/mol. The molecule has 1 heterocycles. The van der Waals surface area contributed by atoms with Gasteiger partial charge >= 0.3 is 6.03 Å². The number of hydrogen-bond donors (Lipinski definition) is 2. The van der Waals surface area contributed by atoms with Gasteiger partial charge in [-0.3, -0.25) is 4.90 Å². The lowest BCUT2D eigenvalue weighted by atomic mass is 10.2. The van der Waals surface area contributed by atoms with Crippen molar-refractivity contribution in [3.05, 3.63) is 29.6 Å². The van der Waals surface area contributed by atoms with Crippen LogP contribution in [-0.2, 0) is 4.74 Å². The van der Waals surface area contributed by atoms with Gasteiger partial charge in [0, 0.05) is 31.9 Å². The predicted octanol–water partition coefficient (Wildman–Crippen LogP) is 1.59. The van der Waals surface area contributed by atoms with Gasteiger partial charge in [-0.1, -0.05) is 0 Å². The van der Waals surface area contributed by atoms with Crippen molar-refractivity contribution in [2.24, 2.45) is 0 Å². The van der Waals surface area contributed by atoms with Gasteiger partial charge in [0.1, 0.15) is 5.82 Å². The van der Waals surface area contributed by atoms with E-state index in [4.69, 9.17) is 4.74 Å². The molecule has 2 rings (SSSR count). The van der Waals surface area contributed by atoms with E-state index in [1.807, 2.05) is 0 Å². The Balaban J connectivity index is 1.72. The van der Waals surface area contributed by atoms with Crippen molar-refractivity contribution in [3.63, 3.8) is 0 Å². The lowest BCUT2D eigenvalue weighted by Crippen LogP contribution is -2.42. The van der Waals surface area contributed by atoms with E-state index in [1.54, 1.807) is 13.0 Å². The SMILES string of the molecule is Cc1cc(F)ccc1NC(=O)NCCN1CCOCC1. The summed E-state index contributed by atoms with van der Waals surface area (Å²) >= 11 is 0. The molecule has 2 N–H and O–H groups in total. The number of nitrogens with one attached hydrogen (secondary N) is 2. The van der Waals surface area contributed by atoms with Crippen LogP contribution in [0, 0.1) is 12.7 Å². The Hall–Kier alpha value is -1.66. The summed E-state index contributed by atoms with van der Waals surface area (Å²) in [6, 6.07) is 4.01. The van der Waals surface area contributed by atoms with Crippen molar-refractivity contribution in [1.82, 2.24) is 10.2 Å². The van der Waals surface area contributed by atoms with E-state index in [2.05, 4.69) is 15.5 Å². The van der Waals surface area contributed by atoms with E-state index in [1.165, 1.54) is 12.1 Å². The van der Waals surface area contributed by atoms with Gasteiger partial charge in [0.25, 0.3) is 0 Å². The molecule has 1 aromatic carbocycles. The van der Waals surface area contributed by atoms with Crippen molar-refractivity contribution in [1.29, 1.82) is 0 Å². The minimum absolute atomic E-state index is 0.270. The van der Waals surface area contributed by atoms with Crippen LogP contribution >= 0.6 is 0 Å². The van der Waals surface area contributed by atoms with Crippen LogP contribution in [0.4, 0.5) is 14.9 Å². The Kier molecular flexibility index (Phi) is 5.31. The van der Waals surface area contributed by atoms with E-state index in [9.17, 15) is 9.18 Å². The zero-order valence-electron chi connectivity index (χ0n) is 11.6. The minimum atomic E-state index is -0.305. The summed E-state index contributed by atoms with van der Waals surface area (Å²) in [5, 5.41) is 5.51. The third-order valence-corrected chi connectivity index (χ3v) is 3.25. The summed E-state index contributed by atoms with van der Waals surface area (Å²) in [4.78, 5) is 14.0. The number of morpholine rings is 1. The Labute approximate surface area is 118 Å². The van der Waals surface area contributed by atoms with Crippen LogP contribution in [0.1, 0.15) is 5.56 Å². The largest absolute Gasteiger partial charge is 0.379 e. The Morgan fingerprint density at radius 1 is 1.40 bits per heavy atom. The molecule has 1 aliphatic rings. The first-order valence-corrected chi connectivity index (χ1v) is 6.76. The van der Waals surface area contributed by atoms with E-state index < -0.39 is 0 Å².